The minimum absolute atomic E-state index is 0.110. The minimum atomic E-state index is -2.90. The maximum absolute atomic E-state index is 5.81. The van der Waals surface area contributed by atoms with E-state index >= 15 is 0 Å². The number of benzene rings is 8. The van der Waals surface area contributed by atoms with E-state index in [1.807, 2.05) is 0 Å². The van der Waals surface area contributed by atoms with Crippen LogP contribution in [0.2, 0.25) is 0 Å². The normalized spacial score (nSPS) is 14.2. The van der Waals surface area contributed by atoms with E-state index in [0.29, 0.717) is 0 Å². The molecule has 0 saturated carbocycles. The van der Waals surface area contributed by atoms with Crippen LogP contribution in [0, 0.1) is 0 Å². The van der Waals surface area contributed by atoms with E-state index in [1.165, 1.54) is 65.2 Å². The van der Waals surface area contributed by atoms with Crippen molar-refractivity contribution in [3.63, 3.8) is 0 Å². The van der Waals surface area contributed by atoms with Gasteiger partial charge in [-0.3, -0.25) is 0 Å². The number of para-hydroxylation sites is 1. The SMILES string of the molecule is CC1(C)c2ccccc2-c2cc3c4ccccc4n(-c4cccc(-c5nc(-c6ccccc6)c6c(n5)[Si](c5ccccc5)(c5ccccc5)c5ccccc5-6)c4)c3cc21. The van der Waals surface area contributed by atoms with Crippen LogP contribution in [-0.2, 0) is 5.41 Å². The first-order valence-corrected chi connectivity index (χ1v) is 22.5. The number of fused-ring (bicyclic) bond motifs is 9. The molecule has 0 radical (unpaired) electrons. The highest BCUT2D eigenvalue weighted by Crippen LogP contribution is 2.51. The van der Waals surface area contributed by atoms with Crippen molar-refractivity contribution >= 4 is 50.8 Å². The van der Waals surface area contributed by atoms with Crippen LogP contribution in [0.1, 0.15) is 25.0 Å². The van der Waals surface area contributed by atoms with Crippen molar-refractivity contribution in [2.24, 2.45) is 0 Å². The third-order valence-electron chi connectivity index (χ3n) is 13.1. The van der Waals surface area contributed by atoms with Crippen molar-refractivity contribution in [1.29, 1.82) is 0 Å². The molecule has 2 aliphatic rings. The highest BCUT2D eigenvalue weighted by molar-refractivity contribution is 7.21. The van der Waals surface area contributed by atoms with Crippen molar-refractivity contribution in [1.82, 2.24) is 14.5 Å². The first-order chi connectivity index (χ1) is 29.0. The lowest BCUT2D eigenvalue weighted by atomic mass is 9.82. The minimum Gasteiger partial charge on any atom is -0.309 e. The van der Waals surface area contributed by atoms with Gasteiger partial charge in [-0.2, -0.15) is 0 Å². The Labute approximate surface area is 345 Å². The van der Waals surface area contributed by atoms with Crippen molar-refractivity contribution in [3.05, 3.63) is 211 Å². The van der Waals surface area contributed by atoms with Gasteiger partial charge in [0.25, 0.3) is 0 Å². The summed E-state index contributed by atoms with van der Waals surface area (Å²) in [5.41, 5.74) is 14.2. The number of nitrogens with zero attached hydrogens (tertiary/aromatic N) is 3. The fourth-order valence-electron chi connectivity index (χ4n) is 10.4. The summed E-state index contributed by atoms with van der Waals surface area (Å²) in [5.74, 6) is 0.735. The van der Waals surface area contributed by atoms with Gasteiger partial charge in [0.15, 0.2) is 5.82 Å². The first-order valence-electron chi connectivity index (χ1n) is 20.5. The lowest BCUT2D eigenvalue weighted by Crippen LogP contribution is -2.73. The second-order valence-corrected chi connectivity index (χ2v) is 20.2. The van der Waals surface area contributed by atoms with Gasteiger partial charge in [-0.25, -0.2) is 9.97 Å². The van der Waals surface area contributed by atoms with Gasteiger partial charge in [0.1, 0.15) is 0 Å². The van der Waals surface area contributed by atoms with E-state index in [0.717, 1.165) is 39.2 Å². The molecule has 0 amide bonds. The Morgan fingerprint density at radius 3 is 1.85 bits per heavy atom. The van der Waals surface area contributed by atoms with Crippen LogP contribution in [0.25, 0.3) is 72.4 Å². The molecule has 0 atom stereocenters. The van der Waals surface area contributed by atoms with Gasteiger partial charge in [0, 0.05) is 38.6 Å². The Morgan fingerprint density at radius 1 is 0.458 bits per heavy atom. The summed E-state index contributed by atoms with van der Waals surface area (Å²) in [5, 5.41) is 7.64. The van der Waals surface area contributed by atoms with Crippen molar-refractivity contribution in [2.45, 2.75) is 19.3 Å². The zero-order chi connectivity index (χ0) is 39.3. The summed E-state index contributed by atoms with van der Waals surface area (Å²) < 4.78 is 2.45. The summed E-state index contributed by atoms with van der Waals surface area (Å²) in [4.78, 5) is 11.4. The van der Waals surface area contributed by atoms with Crippen LogP contribution in [0.15, 0.2) is 200 Å². The van der Waals surface area contributed by atoms with Crippen LogP contribution in [0.4, 0.5) is 0 Å². The molecule has 59 heavy (non-hydrogen) atoms. The van der Waals surface area contributed by atoms with Gasteiger partial charge in [-0.05, 0) is 73.7 Å². The first kappa shape index (κ1) is 33.9. The summed E-state index contributed by atoms with van der Waals surface area (Å²) in [7, 11) is -2.90. The van der Waals surface area contributed by atoms with Crippen molar-refractivity contribution in [3.8, 4) is 50.6 Å². The largest absolute Gasteiger partial charge is 0.309 e. The Kier molecular flexibility index (Phi) is 7.29. The van der Waals surface area contributed by atoms with Crippen molar-refractivity contribution in [2.75, 3.05) is 0 Å². The number of aromatic nitrogens is 3. The monoisotopic (exact) mass is 769 g/mol. The fourth-order valence-corrected chi connectivity index (χ4v) is 15.4. The standard InChI is InChI=1S/C55H39N3Si/c1-55(2)46-30-15-12-27-41(46)44-34-45-42-28-13-16-31-48(42)58(49(45)35-47(44)55)38-22-18-21-37(33-38)53-56-52(36-19-6-3-7-20-36)51-43-29-14-17-32-50(43)59(54(51)57-53,39-23-8-4-9-24-39)40-25-10-5-11-26-40/h3-35H,1-2H3. The Hall–Kier alpha value is -7.14. The summed E-state index contributed by atoms with van der Waals surface area (Å²) in [6, 6.07) is 73.4. The molecule has 10 aromatic rings. The van der Waals surface area contributed by atoms with Crippen LogP contribution in [0.5, 0.6) is 0 Å². The molecule has 8 aromatic carbocycles. The molecule has 0 saturated heterocycles. The van der Waals surface area contributed by atoms with Gasteiger partial charge < -0.3 is 4.57 Å². The third kappa shape index (κ3) is 4.75. The van der Waals surface area contributed by atoms with Crippen LogP contribution in [0.3, 0.4) is 0 Å². The molecule has 1 aliphatic heterocycles. The van der Waals surface area contributed by atoms with Gasteiger partial charge in [-0.1, -0.05) is 184 Å². The number of hydrogen-bond donors (Lipinski definition) is 0. The molecule has 0 unspecified atom stereocenters. The zero-order valence-electron chi connectivity index (χ0n) is 32.9. The third-order valence-corrected chi connectivity index (χ3v) is 17.8. The summed E-state index contributed by atoms with van der Waals surface area (Å²) in [6.07, 6.45) is 0. The predicted octanol–water partition coefficient (Wildman–Crippen LogP) is 10.6. The molecule has 12 rings (SSSR count). The number of hydrogen-bond acceptors (Lipinski definition) is 2. The van der Waals surface area contributed by atoms with Gasteiger partial charge in [0.05, 0.1) is 22.0 Å². The van der Waals surface area contributed by atoms with E-state index in [9.17, 15) is 0 Å². The van der Waals surface area contributed by atoms with Crippen molar-refractivity contribution < 1.29 is 0 Å². The molecule has 0 bridgehead atoms. The van der Waals surface area contributed by atoms with Crippen LogP contribution >= 0.6 is 0 Å². The molecule has 3 heterocycles. The van der Waals surface area contributed by atoms with Gasteiger partial charge in [0.2, 0.25) is 8.07 Å². The second-order valence-electron chi connectivity index (χ2n) is 16.5. The average molecular weight is 770 g/mol. The van der Waals surface area contributed by atoms with E-state index < -0.39 is 8.07 Å². The van der Waals surface area contributed by atoms with Gasteiger partial charge in [-0.15, -0.1) is 0 Å². The molecule has 278 valence electrons. The second kappa shape index (κ2) is 12.7. The molecule has 4 heteroatoms. The molecule has 0 N–H and O–H groups in total. The number of rotatable bonds is 5. The Balaban J connectivity index is 1.13. The Bertz CT molecular complexity index is 3250. The lowest BCUT2D eigenvalue weighted by molar-refractivity contribution is 0.661. The van der Waals surface area contributed by atoms with Crippen LogP contribution in [-0.4, -0.2) is 22.6 Å². The zero-order valence-corrected chi connectivity index (χ0v) is 33.9. The molecule has 0 fully saturated rings. The molecular formula is C55H39N3Si. The van der Waals surface area contributed by atoms with Crippen LogP contribution < -0.4 is 20.9 Å². The van der Waals surface area contributed by atoms with Gasteiger partial charge >= 0.3 is 0 Å². The molecule has 2 aromatic heterocycles. The molecular weight excluding hydrogens is 731 g/mol. The summed E-state index contributed by atoms with van der Waals surface area (Å²) >= 11 is 0. The van der Waals surface area contributed by atoms with E-state index in [2.05, 4.69) is 219 Å². The average Bonchev–Trinajstić information content (AvgIpc) is 3.87. The maximum atomic E-state index is 5.81. The predicted molar refractivity (Wildman–Crippen MR) is 247 cm³/mol. The highest BCUT2D eigenvalue weighted by Gasteiger charge is 2.51. The highest BCUT2D eigenvalue weighted by atomic mass is 28.3. The quantitative estimate of drug-likeness (QED) is 0.163. The molecule has 1 aliphatic carbocycles. The van der Waals surface area contributed by atoms with E-state index in [4.69, 9.17) is 9.97 Å². The lowest BCUT2D eigenvalue weighted by Gasteiger charge is -2.30. The molecule has 3 nitrogen and oxygen atoms in total. The summed E-state index contributed by atoms with van der Waals surface area (Å²) in [6.45, 7) is 4.72. The fraction of sp³-hybridized carbons (Fsp3) is 0.0545. The smallest absolute Gasteiger partial charge is 0.203 e. The Morgan fingerprint density at radius 2 is 1.08 bits per heavy atom. The maximum Gasteiger partial charge on any atom is 0.203 e. The van der Waals surface area contributed by atoms with E-state index in [-0.39, 0.29) is 5.41 Å². The molecule has 0 spiro atoms. The van der Waals surface area contributed by atoms with E-state index in [1.54, 1.807) is 0 Å². The topological polar surface area (TPSA) is 30.7 Å².